The number of nitrogens with one attached hydrogen (secondary N) is 1. The van der Waals surface area contributed by atoms with Crippen LogP contribution in [0.2, 0.25) is 0 Å². The summed E-state index contributed by atoms with van der Waals surface area (Å²) in [6, 6.07) is 10.6. The van der Waals surface area contributed by atoms with Crippen molar-refractivity contribution in [1.82, 2.24) is 20.1 Å². The number of benzene rings is 1. The Morgan fingerprint density at radius 2 is 2.05 bits per heavy atom. The molecule has 0 spiro atoms. The topological polar surface area (TPSA) is 42.7 Å². The predicted octanol–water partition coefficient (Wildman–Crippen LogP) is 3.06. The molecule has 0 aliphatic heterocycles. The molecule has 3 rings (SSSR count). The minimum Gasteiger partial charge on any atom is -0.306 e. The van der Waals surface area contributed by atoms with Gasteiger partial charge in [0.2, 0.25) is 0 Å². The number of aryl methyl sites for hydroxylation is 1. The van der Waals surface area contributed by atoms with Crippen LogP contribution in [0.1, 0.15) is 30.5 Å². The zero-order valence-electron chi connectivity index (χ0n) is 12.5. The minimum absolute atomic E-state index is 0.135. The van der Waals surface area contributed by atoms with E-state index in [-0.39, 0.29) is 6.04 Å². The number of hydrogen-bond donors (Lipinski definition) is 1. The van der Waals surface area contributed by atoms with Crippen molar-refractivity contribution < 1.29 is 0 Å². The second kappa shape index (κ2) is 6.06. The molecule has 0 bridgehead atoms. The van der Waals surface area contributed by atoms with Gasteiger partial charge >= 0.3 is 0 Å². The van der Waals surface area contributed by atoms with E-state index in [2.05, 4.69) is 40.7 Å². The maximum absolute atomic E-state index is 4.58. The third-order valence-corrected chi connectivity index (χ3v) is 3.60. The minimum atomic E-state index is 0.135. The molecule has 1 N–H and O–H groups in total. The summed E-state index contributed by atoms with van der Waals surface area (Å²) in [6.07, 6.45) is 7.03. The molecule has 1 aromatic carbocycles. The molecule has 0 saturated heterocycles. The maximum Gasteiger partial charge on any atom is 0.0702 e. The van der Waals surface area contributed by atoms with Crippen molar-refractivity contribution in [2.45, 2.75) is 19.4 Å². The van der Waals surface area contributed by atoms with E-state index in [1.54, 1.807) is 0 Å². The van der Waals surface area contributed by atoms with Gasteiger partial charge in [0, 0.05) is 30.4 Å². The molecule has 2 aromatic heterocycles. The van der Waals surface area contributed by atoms with Crippen LogP contribution in [-0.4, -0.2) is 21.3 Å². The summed E-state index contributed by atoms with van der Waals surface area (Å²) in [5.74, 6) is 0. The summed E-state index contributed by atoms with van der Waals surface area (Å²) >= 11 is 0. The van der Waals surface area contributed by atoms with Gasteiger partial charge in [-0.05, 0) is 30.7 Å². The van der Waals surface area contributed by atoms with Crippen molar-refractivity contribution in [1.29, 1.82) is 0 Å². The number of pyridine rings is 1. The number of aromatic nitrogens is 3. The monoisotopic (exact) mass is 280 g/mol. The first-order chi connectivity index (χ1) is 10.3. The zero-order chi connectivity index (χ0) is 14.7. The first kappa shape index (κ1) is 13.8. The molecule has 108 valence electrons. The largest absolute Gasteiger partial charge is 0.306 e. The normalized spacial score (nSPS) is 12.7. The molecule has 0 aliphatic rings. The molecule has 0 fully saturated rings. The second-order valence-corrected chi connectivity index (χ2v) is 5.30. The summed E-state index contributed by atoms with van der Waals surface area (Å²) in [4.78, 5) is 4.58. The Balaban J connectivity index is 2.00. The van der Waals surface area contributed by atoms with E-state index in [4.69, 9.17) is 0 Å². The van der Waals surface area contributed by atoms with Gasteiger partial charge in [-0.2, -0.15) is 5.10 Å². The SMILES string of the molecule is CCCNC(c1cnc2ccccc2c1)c1cnn(C)c1. The van der Waals surface area contributed by atoms with Gasteiger partial charge < -0.3 is 5.32 Å². The van der Waals surface area contributed by atoms with Gasteiger partial charge in [-0.15, -0.1) is 0 Å². The Kier molecular flexibility index (Phi) is 3.97. The van der Waals surface area contributed by atoms with Crippen molar-refractivity contribution >= 4 is 10.9 Å². The Bertz CT molecular complexity index is 732. The molecule has 0 amide bonds. The van der Waals surface area contributed by atoms with Crippen LogP contribution in [0.4, 0.5) is 0 Å². The van der Waals surface area contributed by atoms with E-state index in [0.29, 0.717) is 0 Å². The lowest BCUT2D eigenvalue weighted by Crippen LogP contribution is -2.23. The number of nitrogens with zero attached hydrogens (tertiary/aromatic N) is 3. The molecular weight excluding hydrogens is 260 g/mol. The highest BCUT2D eigenvalue weighted by Crippen LogP contribution is 2.24. The average Bonchev–Trinajstić information content (AvgIpc) is 2.94. The van der Waals surface area contributed by atoms with Crippen LogP contribution in [0.25, 0.3) is 10.9 Å². The van der Waals surface area contributed by atoms with Crippen LogP contribution in [0, 0.1) is 0 Å². The lowest BCUT2D eigenvalue weighted by atomic mass is 10.0. The van der Waals surface area contributed by atoms with Crippen molar-refractivity contribution in [3.8, 4) is 0 Å². The third-order valence-electron chi connectivity index (χ3n) is 3.60. The predicted molar refractivity (Wildman–Crippen MR) is 85.1 cm³/mol. The fourth-order valence-corrected chi connectivity index (χ4v) is 2.55. The van der Waals surface area contributed by atoms with Gasteiger partial charge in [0.1, 0.15) is 0 Å². The van der Waals surface area contributed by atoms with E-state index in [1.165, 1.54) is 16.5 Å². The number of rotatable bonds is 5. The first-order valence-corrected chi connectivity index (χ1v) is 7.34. The highest BCUT2D eigenvalue weighted by atomic mass is 15.2. The summed E-state index contributed by atoms with van der Waals surface area (Å²) in [6.45, 7) is 3.14. The lowest BCUT2D eigenvalue weighted by Gasteiger charge is -2.17. The zero-order valence-corrected chi connectivity index (χ0v) is 12.5. The Labute approximate surface area is 124 Å². The van der Waals surface area contributed by atoms with Crippen LogP contribution in [-0.2, 0) is 7.05 Å². The Hall–Kier alpha value is -2.20. The highest BCUT2D eigenvalue weighted by Gasteiger charge is 2.15. The molecule has 0 saturated carbocycles. The van der Waals surface area contributed by atoms with Crippen molar-refractivity contribution in [3.63, 3.8) is 0 Å². The van der Waals surface area contributed by atoms with E-state index in [9.17, 15) is 0 Å². The molecule has 2 heterocycles. The highest BCUT2D eigenvalue weighted by molar-refractivity contribution is 5.78. The molecule has 21 heavy (non-hydrogen) atoms. The summed E-state index contributed by atoms with van der Waals surface area (Å²) in [7, 11) is 1.94. The van der Waals surface area contributed by atoms with Gasteiger partial charge in [-0.25, -0.2) is 0 Å². The molecular formula is C17H20N4. The number of hydrogen-bond acceptors (Lipinski definition) is 3. The van der Waals surface area contributed by atoms with Crippen LogP contribution in [0.15, 0.2) is 48.9 Å². The molecule has 4 nitrogen and oxygen atoms in total. The van der Waals surface area contributed by atoms with Crippen molar-refractivity contribution in [2.75, 3.05) is 6.54 Å². The summed E-state index contributed by atoms with van der Waals surface area (Å²) in [5.41, 5.74) is 3.37. The van der Waals surface area contributed by atoms with E-state index in [1.807, 2.05) is 42.3 Å². The van der Waals surface area contributed by atoms with Crippen LogP contribution in [0.3, 0.4) is 0 Å². The smallest absolute Gasteiger partial charge is 0.0702 e. The third kappa shape index (κ3) is 2.95. The van der Waals surface area contributed by atoms with E-state index < -0.39 is 0 Å². The van der Waals surface area contributed by atoms with Crippen molar-refractivity contribution in [3.05, 3.63) is 60.0 Å². The molecule has 1 atom stereocenters. The van der Waals surface area contributed by atoms with E-state index >= 15 is 0 Å². The van der Waals surface area contributed by atoms with Gasteiger partial charge in [-0.3, -0.25) is 9.67 Å². The Morgan fingerprint density at radius 3 is 2.81 bits per heavy atom. The van der Waals surface area contributed by atoms with Gasteiger partial charge in [0.15, 0.2) is 0 Å². The fourth-order valence-electron chi connectivity index (χ4n) is 2.55. The van der Waals surface area contributed by atoms with Gasteiger partial charge in [0.25, 0.3) is 0 Å². The standard InChI is InChI=1S/C17H20N4/c1-3-8-18-17(15-11-20-21(2)12-15)14-9-13-6-4-5-7-16(13)19-10-14/h4-7,9-12,17-18H,3,8H2,1-2H3. The maximum atomic E-state index is 4.58. The fraction of sp³-hybridized carbons (Fsp3) is 0.294. The number of para-hydroxylation sites is 1. The number of fused-ring (bicyclic) bond motifs is 1. The van der Waals surface area contributed by atoms with Gasteiger partial charge in [0.05, 0.1) is 17.8 Å². The van der Waals surface area contributed by atoms with Gasteiger partial charge in [-0.1, -0.05) is 25.1 Å². The molecule has 4 heteroatoms. The second-order valence-electron chi connectivity index (χ2n) is 5.30. The Morgan fingerprint density at radius 1 is 1.19 bits per heavy atom. The van der Waals surface area contributed by atoms with Crippen LogP contribution >= 0.6 is 0 Å². The van der Waals surface area contributed by atoms with Crippen LogP contribution < -0.4 is 5.32 Å². The first-order valence-electron chi connectivity index (χ1n) is 7.34. The molecule has 0 aliphatic carbocycles. The average molecular weight is 280 g/mol. The molecule has 1 unspecified atom stereocenters. The summed E-state index contributed by atoms with van der Waals surface area (Å²) in [5, 5.41) is 9.05. The van der Waals surface area contributed by atoms with Crippen LogP contribution in [0.5, 0.6) is 0 Å². The quantitative estimate of drug-likeness (QED) is 0.781. The lowest BCUT2D eigenvalue weighted by molar-refractivity contribution is 0.597. The van der Waals surface area contributed by atoms with E-state index in [0.717, 1.165) is 18.5 Å². The summed E-state index contributed by atoms with van der Waals surface area (Å²) < 4.78 is 1.84. The molecule has 3 aromatic rings. The van der Waals surface area contributed by atoms with Crippen molar-refractivity contribution in [2.24, 2.45) is 7.05 Å². The molecule has 0 radical (unpaired) electrons.